The first-order chi connectivity index (χ1) is 0. The van der Waals surface area contributed by atoms with Gasteiger partial charge in [0.05, 0.1) is 0 Å². The fourth-order valence-corrected chi connectivity index (χ4v) is 0. The van der Waals surface area contributed by atoms with Gasteiger partial charge >= 0.3 is 59.4 Å². The van der Waals surface area contributed by atoms with Crippen LogP contribution in [0.1, 0.15) is 0 Å². The van der Waals surface area contributed by atoms with Crippen LogP contribution in [0.15, 0.2) is 0 Å². The zero-order chi connectivity index (χ0) is 0. The summed E-state index contributed by atoms with van der Waals surface area (Å²) >= 11 is 0. The predicted molar refractivity (Wildman–Crippen MR) is 0 cm³/mol. The van der Waals surface area contributed by atoms with Crippen molar-refractivity contribution in [3.05, 3.63) is 0 Å². The number of halogens is 6. The van der Waals surface area contributed by atoms with Crippen LogP contribution in [0.3, 0.4) is 0 Å². The molecule has 0 aliphatic rings. The van der Waals surface area contributed by atoms with E-state index in [-0.39, 0.29) is 87.6 Å². The monoisotopic (exact) mass is 690 g/mol. The van der Waals surface area contributed by atoms with Crippen LogP contribution < -0.4 is 28.2 Å². The van der Waals surface area contributed by atoms with Crippen molar-refractivity contribution in [1.29, 1.82) is 0 Å². The summed E-state index contributed by atoms with van der Waals surface area (Å²) < 4.78 is 0. The summed E-state index contributed by atoms with van der Waals surface area (Å²) in [6, 6.07) is 0. The Labute approximate surface area is 87.3 Å². The molecule has 0 aliphatic heterocycles. The van der Waals surface area contributed by atoms with Crippen molar-refractivity contribution >= 4 is 0 Å². The molecule has 0 aromatic rings. The molecule has 0 radical (unpaired) electrons. The van der Waals surface area contributed by atoms with E-state index in [1.807, 2.05) is 0 Å². The number of rotatable bonds is 0. The minimum absolute atomic E-state index is 0. The van der Waals surface area contributed by atoms with Crippen LogP contribution in [-0.4, -0.2) is 0 Å². The summed E-state index contributed by atoms with van der Waals surface area (Å²) in [6.45, 7) is 0. The molecule has 0 N–H and O–H groups in total. The normalized spacial score (nSPS) is 0. The predicted octanol–water partition coefficient (Wildman–Crippen LogP) is -18.0. The maximum Gasteiger partial charge on any atom is 2.00 e. The van der Waals surface area contributed by atoms with E-state index in [0.717, 1.165) is 0 Å². The smallest absolute Gasteiger partial charge is 1.00 e. The zero-order valence-electron chi connectivity index (χ0n) is 3.33. The SMILES string of the molecule is [F-].[F-].[F-].[F-].[F-].[F-].[Os+2].[Os+2].[Os+2]. The van der Waals surface area contributed by atoms with Gasteiger partial charge in [-0.25, -0.2) is 0 Å². The van der Waals surface area contributed by atoms with Crippen LogP contribution in [-0.2, 0) is 59.4 Å². The molecule has 9 heteroatoms. The van der Waals surface area contributed by atoms with Crippen LogP contribution >= 0.6 is 0 Å². The van der Waals surface area contributed by atoms with Gasteiger partial charge in [0.1, 0.15) is 0 Å². The number of hydrogen-bond donors (Lipinski definition) is 0. The quantitative estimate of drug-likeness (QED) is 0.223. The average molecular weight is 685 g/mol. The van der Waals surface area contributed by atoms with Crippen molar-refractivity contribution in [3.63, 3.8) is 0 Å². The maximum absolute atomic E-state index is 0. The molecule has 0 bridgehead atoms. The van der Waals surface area contributed by atoms with Crippen molar-refractivity contribution in [1.82, 2.24) is 0 Å². The summed E-state index contributed by atoms with van der Waals surface area (Å²) in [5.41, 5.74) is 0. The van der Waals surface area contributed by atoms with Gasteiger partial charge in [-0.3, -0.25) is 0 Å². The van der Waals surface area contributed by atoms with Gasteiger partial charge in [-0.05, 0) is 0 Å². The molecule has 0 aromatic heterocycles. The molecular formula is F6Os3. The second-order valence-corrected chi connectivity index (χ2v) is 0. The molecule has 0 amide bonds. The van der Waals surface area contributed by atoms with E-state index in [9.17, 15) is 0 Å². The van der Waals surface area contributed by atoms with Crippen LogP contribution in [0.2, 0.25) is 0 Å². The third-order valence-corrected chi connectivity index (χ3v) is 0. The van der Waals surface area contributed by atoms with Crippen molar-refractivity contribution < 1.29 is 87.6 Å². The third-order valence-electron chi connectivity index (χ3n) is 0. The Morgan fingerprint density at radius 3 is 0.222 bits per heavy atom. The molecule has 0 unspecified atom stereocenters. The van der Waals surface area contributed by atoms with Gasteiger partial charge in [0.2, 0.25) is 0 Å². The Hall–Kier alpha value is 1.49. The average Bonchev–Trinajstić information content (AvgIpc) is 0. The maximum atomic E-state index is 0. The third kappa shape index (κ3) is 240. The topological polar surface area (TPSA) is 0 Å². The Morgan fingerprint density at radius 2 is 0.222 bits per heavy atom. The molecule has 0 rings (SSSR count). The summed E-state index contributed by atoms with van der Waals surface area (Å²) in [5.74, 6) is 0. The van der Waals surface area contributed by atoms with Crippen molar-refractivity contribution in [2.24, 2.45) is 0 Å². The van der Waals surface area contributed by atoms with E-state index in [1.54, 1.807) is 0 Å². The second-order valence-electron chi connectivity index (χ2n) is 0. The molecule has 9 heavy (non-hydrogen) atoms. The van der Waals surface area contributed by atoms with E-state index < -0.39 is 0 Å². The van der Waals surface area contributed by atoms with E-state index in [1.165, 1.54) is 0 Å². The van der Waals surface area contributed by atoms with Gasteiger partial charge in [-0.1, -0.05) is 0 Å². The Morgan fingerprint density at radius 1 is 0.222 bits per heavy atom. The molecule has 0 aliphatic carbocycles. The Kier molecular flexibility index (Phi) is 14600. The number of hydrogen-bond acceptors (Lipinski definition) is 0. The molecule has 0 spiro atoms. The molecule has 0 saturated heterocycles. The van der Waals surface area contributed by atoms with Crippen LogP contribution in [0.5, 0.6) is 0 Å². The van der Waals surface area contributed by atoms with Gasteiger partial charge in [-0.15, -0.1) is 0 Å². The first-order valence-electron chi connectivity index (χ1n) is 0. The summed E-state index contributed by atoms with van der Waals surface area (Å²) in [4.78, 5) is 0. The van der Waals surface area contributed by atoms with E-state index in [2.05, 4.69) is 0 Å². The standard InChI is InChI=1S/6FH.3Os/h6*1H;;;/q;;;;;;3*+2/p-6. The van der Waals surface area contributed by atoms with Crippen LogP contribution in [0.25, 0.3) is 0 Å². The van der Waals surface area contributed by atoms with E-state index in [0.29, 0.717) is 0 Å². The fourth-order valence-electron chi connectivity index (χ4n) is 0. The zero-order valence-corrected chi connectivity index (χ0v) is 10.9. The molecule has 0 saturated carbocycles. The Bertz CT molecular complexity index is 8.26. The molecule has 0 fully saturated rings. The van der Waals surface area contributed by atoms with Crippen LogP contribution in [0, 0.1) is 0 Å². The molecular weight excluding hydrogens is 685 g/mol. The summed E-state index contributed by atoms with van der Waals surface area (Å²) in [7, 11) is 0. The van der Waals surface area contributed by atoms with Gasteiger partial charge in [0, 0.05) is 0 Å². The van der Waals surface area contributed by atoms with Crippen molar-refractivity contribution in [3.8, 4) is 0 Å². The minimum atomic E-state index is 0. The second kappa shape index (κ2) is 308. The van der Waals surface area contributed by atoms with Crippen molar-refractivity contribution in [2.75, 3.05) is 0 Å². The van der Waals surface area contributed by atoms with Gasteiger partial charge in [-0.2, -0.15) is 0 Å². The first-order valence-corrected chi connectivity index (χ1v) is 0. The van der Waals surface area contributed by atoms with Gasteiger partial charge < -0.3 is 28.2 Å². The molecule has 66 valence electrons. The molecule has 0 aromatic carbocycles. The molecule has 0 heterocycles. The summed E-state index contributed by atoms with van der Waals surface area (Å²) in [5, 5.41) is 0. The minimum Gasteiger partial charge on any atom is -1.00 e. The van der Waals surface area contributed by atoms with Gasteiger partial charge in [0.25, 0.3) is 0 Å². The van der Waals surface area contributed by atoms with Crippen molar-refractivity contribution in [2.45, 2.75) is 0 Å². The first kappa shape index (κ1) is 426. The van der Waals surface area contributed by atoms with E-state index in [4.69, 9.17) is 0 Å². The van der Waals surface area contributed by atoms with Gasteiger partial charge in [0.15, 0.2) is 0 Å². The largest absolute Gasteiger partial charge is 2.00 e. The fraction of sp³-hybridized carbons (Fsp3) is 0. The Balaban J connectivity index is 0. The molecule has 0 nitrogen and oxygen atoms in total. The van der Waals surface area contributed by atoms with Crippen LogP contribution in [0.4, 0.5) is 0 Å². The van der Waals surface area contributed by atoms with E-state index >= 15 is 0 Å². The summed E-state index contributed by atoms with van der Waals surface area (Å²) in [6.07, 6.45) is 0. The molecule has 0 atom stereocenters.